The normalized spacial score (nSPS) is 12.8. The molecule has 7 nitrogen and oxygen atoms in total. The highest BCUT2D eigenvalue weighted by molar-refractivity contribution is 5.80. The van der Waals surface area contributed by atoms with Gasteiger partial charge in [-0.05, 0) is 40.3 Å². The van der Waals surface area contributed by atoms with Crippen LogP contribution >= 0.6 is 0 Å². The maximum Gasteiger partial charge on any atom is 0.407 e. The molecule has 1 aliphatic carbocycles. The molecule has 0 saturated heterocycles. The van der Waals surface area contributed by atoms with Gasteiger partial charge in [-0.1, -0.05) is 72.8 Å². The molecule has 4 rings (SSSR count). The number of carboxylic acid groups (broad SMARTS) is 1. The molecule has 0 heterocycles. The van der Waals surface area contributed by atoms with Gasteiger partial charge in [-0.2, -0.15) is 0 Å². The van der Waals surface area contributed by atoms with E-state index in [9.17, 15) is 14.4 Å². The number of ether oxygens (including phenoxy) is 1. The van der Waals surface area contributed by atoms with Crippen molar-refractivity contribution in [2.24, 2.45) is 0 Å². The van der Waals surface area contributed by atoms with Crippen LogP contribution in [-0.2, 0) is 27.3 Å². The van der Waals surface area contributed by atoms with Gasteiger partial charge in [0.15, 0.2) is 0 Å². The number of hydrogen-bond donors (Lipinski definition) is 3. The minimum Gasteiger partial charge on any atom is -0.481 e. The van der Waals surface area contributed by atoms with E-state index in [-0.39, 0.29) is 37.8 Å². The van der Waals surface area contributed by atoms with Gasteiger partial charge in [-0.15, -0.1) is 0 Å². The lowest BCUT2D eigenvalue weighted by molar-refractivity contribution is -0.137. The first-order valence-corrected chi connectivity index (χ1v) is 11.6. The fraction of sp³-hybridized carbons (Fsp3) is 0.250. The Morgan fingerprint density at radius 2 is 1.46 bits per heavy atom. The van der Waals surface area contributed by atoms with Crippen molar-refractivity contribution in [2.75, 3.05) is 6.61 Å². The summed E-state index contributed by atoms with van der Waals surface area (Å²) in [4.78, 5) is 35.6. The monoisotopic (exact) mass is 472 g/mol. The molecule has 0 spiro atoms. The molecule has 0 aromatic heterocycles. The number of hydrogen-bond acceptors (Lipinski definition) is 4. The molecule has 0 saturated carbocycles. The van der Waals surface area contributed by atoms with Gasteiger partial charge in [0, 0.05) is 18.5 Å². The largest absolute Gasteiger partial charge is 0.481 e. The summed E-state index contributed by atoms with van der Waals surface area (Å²) < 4.78 is 5.59. The van der Waals surface area contributed by atoms with E-state index in [1.165, 1.54) is 11.1 Å². The molecule has 0 radical (unpaired) electrons. The average Bonchev–Trinajstić information content (AvgIpc) is 3.15. The first kappa shape index (κ1) is 24.0. The smallest absolute Gasteiger partial charge is 0.407 e. The number of carbonyl (C=O) groups excluding carboxylic acids is 2. The Bertz CT molecular complexity index is 1190. The lowest BCUT2D eigenvalue weighted by Crippen LogP contribution is -2.35. The lowest BCUT2D eigenvalue weighted by atomic mass is 9.98. The average molecular weight is 473 g/mol. The van der Waals surface area contributed by atoms with Crippen LogP contribution in [0.25, 0.3) is 11.1 Å². The third-order valence-corrected chi connectivity index (χ3v) is 6.12. The highest BCUT2D eigenvalue weighted by Crippen LogP contribution is 2.44. The molecule has 35 heavy (non-hydrogen) atoms. The second kappa shape index (κ2) is 10.9. The van der Waals surface area contributed by atoms with Gasteiger partial charge < -0.3 is 20.5 Å². The van der Waals surface area contributed by atoms with E-state index in [0.29, 0.717) is 0 Å². The quantitative estimate of drug-likeness (QED) is 0.432. The molecule has 0 bridgehead atoms. The van der Waals surface area contributed by atoms with Crippen LogP contribution in [0.4, 0.5) is 4.79 Å². The van der Waals surface area contributed by atoms with Crippen molar-refractivity contribution < 1.29 is 24.2 Å². The van der Waals surface area contributed by atoms with Crippen LogP contribution in [0, 0.1) is 0 Å². The van der Waals surface area contributed by atoms with Crippen molar-refractivity contribution in [3.8, 4) is 11.1 Å². The molecule has 3 N–H and O–H groups in total. The highest BCUT2D eigenvalue weighted by atomic mass is 16.5. The van der Waals surface area contributed by atoms with Crippen LogP contribution in [0.3, 0.4) is 0 Å². The molecule has 2 amide bonds. The first-order chi connectivity index (χ1) is 16.9. The first-order valence-electron chi connectivity index (χ1n) is 11.6. The van der Waals surface area contributed by atoms with Gasteiger partial charge in [-0.3, -0.25) is 9.59 Å². The summed E-state index contributed by atoms with van der Waals surface area (Å²) in [6, 6.07) is 23.2. The predicted octanol–water partition coefficient (Wildman–Crippen LogP) is 4.25. The zero-order valence-electron chi connectivity index (χ0n) is 19.5. The number of alkyl carbamates (subject to hydrolysis) is 1. The summed E-state index contributed by atoms with van der Waals surface area (Å²) in [6.07, 6.45) is -0.579. The van der Waals surface area contributed by atoms with E-state index >= 15 is 0 Å². The fourth-order valence-electron chi connectivity index (χ4n) is 4.53. The Labute approximate surface area is 204 Å². The molecule has 7 heteroatoms. The summed E-state index contributed by atoms with van der Waals surface area (Å²) in [5, 5.41) is 14.3. The van der Waals surface area contributed by atoms with Gasteiger partial charge in [-0.25, -0.2) is 4.79 Å². The standard InChI is InChI=1S/C28H28N2O5/c1-18(14-27(32)33)30-26(31)15-19-8-2-3-9-20(19)16-29-28(34)35-17-25-23-12-6-4-10-21(23)22-11-5-7-13-24(22)25/h2-13,18,25H,14-17H2,1H3,(H,29,34)(H,30,31)(H,32,33)/t18-/m1/s1. The van der Waals surface area contributed by atoms with Crippen molar-refractivity contribution in [1.29, 1.82) is 0 Å². The van der Waals surface area contributed by atoms with Crippen LogP contribution in [0.1, 0.15) is 41.5 Å². The Hall–Kier alpha value is -4.13. The van der Waals surface area contributed by atoms with E-state index < -0.39 is 18.1 Å². The molecule has 3 aromatic carbocycles. The zero-order chi connectivity index (χ0) is 24.8. The number of amides is 2. The van der Waals surface area contributed by atoms with Crippen LogP contribution in [0.2, 0.25) is 0 Å². The number of nitrogens with one attached hydrogen (secondary N) is 2. The number of fused-ring (bicyclic) bond motifs is 3. The molecule has 1 atom stereocenters. The number of benzene rings is 3. The highest BCUT2D eigenvalue weighted by Gasteiger charge is 2.29. The summed E-state index contributed by atoms with van der Waals surface area (Å²) in [5.41, 5.74) is 6.18. The fourth-order valence-corrected chi connectivity index (χ4v) is 4.53. The maximum atomic E-state index is 12.5. The lowest BCUT2D eigenvalue weighted by Gasteiger charge is -2.16. The molecule has 0 aliphatic heterocycles. The van der Waals surface area contributed by atoms with E-state index in [1.807, 2.05) is 48.5 Å². The van der Waals surface area contributed by atoms with Crippen LogP contribution < -0.4 is 10.6 Å². The van der Waals surface area contributed by atoms with Crippen LogP contribution in [0.5, 0.6) is 0 Å². The topological polar surface area (TPSA) is 105 Å². The van der Waals surface area contributed by atoms with Gasteiger partial charge in [0.2, 0.25) is 5.91 Å². The van der Waals surface area contributed by atoms with Crippen LogP contribution in [-0.4, -0.2) is 35.7 Å². The summed E-state index contributed by atoms with van der Waals surface area (Å²) >= 11 is 0. The number of carboxylic acids is 1. The van der Waals surface area contributed by atoms with Crippen molar-refractivity contribution >= 4 is 18.0 Å². The Kier molecular flexibility index (Phi) is 7.45. The third kappa shape index (κ3) is 5.87. The Morgan fingerprint density at radius 3 is 2.09 bits per heavy atom. The zero-order valence-corrected chi connectivity index (χ0v) is 19.5. The van der Waals surface area contributed by atoms with Gasteiger partial charge in [0.1, 0.15) is 6.61 Å². The third-order valence-electron chi connectivity index (χ3n) is 6.12. The van der Waals surface area contributed by atoms with Gasteiger partial charge in [0.05, 0.1) is 12.8 Å². The van der Waals surface area contributed by atoms with E-state index in [4.69, 9.17) is 9.84 Å². The van der Waals surface area contributed by atoms with Crippen LogP contribution in [0.15, 0.2) is 72.8 Å². The Morgan fingerprint density at radius 1 is 0.886 bits per heavy atom. The minimum atomic E-state index is -0.967. The maximum absolute atomic E-state index is 12.5. The molecular formula is C28H28N2O5. The molecule has 3 aromatic rings. The van der Waals surface area contributed by atoms with Crippen molar-refractivity contribution in [3.63, 3.8) is 0 Å². The van der Waals surface area contributed by atoms with E-state index in [2.05, 4.69) is 34.9 Å². The molecule has 0 fully saturated rings. The van der Waals surface area contributed by atoms with Crippen molar-refractivity contribution in [3.05, 3.63) is 95.1 Å². The van der Waals surface area contributed by atoms with Crippen molar-refractivity contribution in [1.82, 2.24) is 10.6 Å². The SMILES string of the molecule is C[C@H](CC(=O)O)NC(=O)Cc1ccccc1CNC(=O)OCC1c2ccccc2-c2ccccc21. The predicted molar refractivity (Wildman–Crippen MR) is 132 cm³/mol. The summed E-state index contributed by atoms with van der Waals surface area (Å²) in [7, 11) is 0. The molecule has 180 valence electrons. The summed E-state index contributed by atoms with van der Waals surface area (Å²) in [6.45, 7) is 2.09. The second-order valence-corrected chi connectivity index (χ2v) is 8.69. The van der Waals surface area contributed by atoms with E-state index in [1.54, 1.807) is 6.92 Å². The number of carbonyl (C=O) groups is 3. The van der Waals surface area contributed by atoms with Gasteiger partial charge in [0.25, 0.3) is 0 Å². The summed E-state index contributed by atoms with van der Waals surface area (Å²) in [5.74, 6) is -1.25. The minimum absolute atomic E-state index is 0.0167. The number of rotatable bonds is 9. The second-order valence-electron chi connectivity index (χ2n) is 8.69. The van der Waals surface area contributed by atoms with Gasteiger partial charge >= 0.3 is 12.1 Å². The molecule has 0 unspecified atom stereocenters. The number of aliphatic carboxylic acids is 1. The Balaban J connectivity index is 1.33. The molecule has 1 aliphatic rings. The van der Waals surface area contributed by atoms with Crippen molar-refractivity contribution in [2.45, 2.75) is 38.3 Å². The molecular weight excluding hydrogens is 444 g/mol. The van der Waals surface area contributed by atoms with E-state index in [0.717, 1.165) is 22.3 Å².